The maximum absolute atomic E-state index is 10.9. The number of rotatable bonds is 3. The van der Waals surface area contributed by atoms with Gasteiger partial charge in [-0.05, 0) is 25.2 Å². The first-order chi connectivity index (χ1) is 8.49. The second kappa shape index (κ2) is 4.92. The molecule has 2 heterocycles. The van der Waals surface area contributed by atoms with Crippen molar-refractivity contribution in [1.82, 2.24) is 9.97 Å². The number of carboxylic acid groups (broad SMARTS) is 1. The molecule has 2 rings (SSSR count). The van der Waals surface area contributed by atoms with Gasteiger partial charge in [-0.1, -0.05) is 13.8 Å². The van der Waals surface area contributed by atoms with Gasteiger partial charge in [0, 0.05) is 19.3 Å². The molecule has 18 heavy (non-hydrogen) atoms. The minimum absolute atomic E-state index is 0.179. The molecule has 1 aliphatic heterocycles. The van der Waals surface area contributed by atoms with Crippen molar-refractivity contribution < 1.29 is 9.90 Å². The van der Waals surface area contributed by atoms with Gasteiger partial charge in [0.2, 0.25) is 5.95 Å². The average Bonchev–Trinajstić information content (AvgIpc) is 2.77. The maximum atomic E-state index is 10.9. The van der Waals surface area contributed by atoms with E-state index in [0.29, 0.717) is 23.5 Å². The van der Waals surface area contributed by atoms with Crippen molar-refractivity contribution >= 4 is 11.9 Å². The highest BCUT2D eigenvalue weighted by atomic mass is 16.4. The van der Waals surface area contributed by atoms with Crippen LogP contribution in [-0.2, 0) is 0 Å². The molecule has 5 heteroatoms. The van der Waals surface area contributed by atoms with Gasteiger partial charge in [-0.3, -0.25) is 0 Å². The molecule has 1 aromatic heterocycles. The molecule has 0 aromatic carbocycles. The van der Waals surface area contributed by atoms with Gasteiger partial charge in [0.25, 0.3) is 0 Å². The summed E-state index contributed by atoms with van der Waals surface area (Å²) in [6, 6.07) is 0. The molecule has 1 unspecified atom stereocenters. The summed E-state index contributed by atoms with van der Waals surface area (Å²) >= 11 is 0. The molecule has 1 fully saturated rings. The minimum atomic E-state index is -0.972. The summed E-state index contributed by atoms with van der Waals surface area (Å²) in [4.78, 5) is 21.5. The van der Waals surface area contributed by atoms with Crippen molar-refractivity contribution in [3.05, 3.63) is 17.5 Å². The molecule has 1 saturated heterocycles. The van der Waals surface area contributed by atoms with E-state index < -0.39 is 5.97 Å². The average molecular weight is 249 g/mol. The van der Waals surface area contributed by atoms with E-state index in [1.54, 1.807) is 6.92 Å². The molecular weight excluding hydrogens is 230 g/mol. The summed E-state index contributed by atoms with van der Waals surface area (Å²) in [5.41, 5.74) is 0.707. The molecule has 0 amide bonds. The number of carboxylic acids is 1. The zero-order valence-electron chi connectivity index (χ0n) is 11.1. The number of aryl methyl sites for hydroxylation is 1. The van der Waals surface area contributed by atoms with Crippen LogP contribution in [0.15, 0.2) is 6.20 Å². The topological polar surface area (TPSA) is 66.3 Å². The lowest BCUT2D eigenvalue weighted by Crippen LogP contribution is -2.24. The molecule has 1 N–H and O–H groups in total. The van der Waals surface area contributed by atoms with Gasteiger partial charge in [-0.2, -0.15) is 0 Å². The molecule has 1 aliphatic rings. The molecule has 0 aliphatic carbocycles. The first-order valence-corrected chi connectivity index (χ1v) is 6.31. The molecule has 1 atom stereocenters. The van der Waals surface area contributed by atoms with Crippen molar-refractivity contribution in [1.29, 1.82) is 0 Å². The largest absolute Gasteiger partial charge is 0.478 e. The van der Waals surface area contributed by atoms with Crippen LogP contribution < -0.4 is 4.90 Å². The number of aromatic nitrogens is 2. The molecule has 1 aromatic rings. The number of carbonyl (C=O) groups is 1. The second-order valence-corrected chi connectivity index (χ2v) is 5.21. The lowest BCUT2D eigenvalue weighted by molar-refractivity contribution is 0.0695. The lowest BCUT2D eigenvalue weighted by Gasteiger charge is -2.18. The van der Waals surface area contributed by atoms with Gasteiger partial charge in [0.1, 0.15) is 0 Å². The molecule has 0 saturated carbocycles. The lowest BCUT2D eigenvalue weighted by atomic mass is 9.95. The molecular formula is C13H19N3O2. The van der Waals surface area contributed by atoms with Crippen LogP contribution in [0, 0.1) is 18.8 Å². The van der Waals surface area contributed by atoms with E-state index in [1.807, 2.05) is 0 Å². The van der Waals surface area contributed by atoms with E-state index in [2.05, 4.69) is 28.7 Å². The van der Waals surface area contributed by atoms with Crippen molar-refractivity contribution in [3.63, 3.8) is 0 Å². The van der Waals surface area contributed by atoms with Crippen LogP contribution in [0.25, 0.3) is 0 Å². The number of aromatic carboxylic acids is 1. The fraction of sp³-hybridized carbons (Fsp3) is 0.615. The number of hydrogen-bond donors (Lipinski definition) is 1. The Kier molecular flexibility index (Phi) is 3.50. The van der Waals surface area contributed by atoms with Gasteiger partial charge in [0.05, 0.1) is 11.3 Å². The Bertz CT molecular complexity index is 460. The van der Waals surface area contributed by atoms with Gasteiger partial charge in [-0.25, -0.2) is 14.8 Å². The molecule has 5 nitrogen and oxygen atoms in total. The number of hydrogen-bond acceptors (Lipinski definition) is 4. The SMILES string of the molecule is Cc1nc(N2CCC(C(C)C)C2)ncc1C(=O)O. The third-order valence-corrected chi connectivity index (χ3v) is 3.65. The highest BCUT2D eigenvalue weighted by Crippen LogP contribution is 2.26. The van der Waals surface area contributed by atoms with Crippen LogP contribution >= 0.6 is 0 Å². The summed E-state index contributed by atoms with van der Waals surface area (Å²) < 4.78 is 0. The zero-order valence-corrected chi connectivity index (χ0v) is 11.1. The Balaban J connectivity index is 2.16. The quantitative estimate of drug-likeness (QED) is 0.887. The monoisotopic (exact) mass is 249 g/mol. The summed E-state index contributed by atoms with van der Waals surface area (Å²) in [5, 5.41) is 8.94. The smallest absolute Gasteiger partial charge is 0.339 e. The van der Waals surface area contributed by atoms with Crippen LogP contribution in [0.3, 0.4) is 0 Å². The van der Waals surface area contributed by atoms with Crippen LogP contribution in [0.2, 0.25) is 0 Å². The third-order valence-electron chi connectivity index (χ3n) is 3.65. The molecule has 0 bridgehead atoms. The first-order valence-electron chi connectivity index (χ1n) is 6.31. The zero-order chi connectivity index (χ0) is 13.3. The summed E-state index contributed by atoms with van der Waals surface area (Å²) in [7, 11) is 0. The van der Waals surface area contributed by atoms with E-state index in [1.165, 1.54) is 6.20 Å². The van der Waals surface area contributed by atoms with Gasteiger partial charge < -0.3 is 10.0 Å². The van der Waals surface area contributed by atoms with Crippen molar-refractivity contribution in [2.75, 3.05) is 18.0 Å². The summed E-state index contributed by atoms with van der Waals surface area (Å²) in [6.07, 6.45) is 2.56. The van der Waals surface area contributed by atoms with E-state index in [4.69, 9.17) is 5.11 Å². The van der Waals surface area contributed by atoms with Crippen LogP contribution in [0.1, 0.15) is 36.3 Å². The molecule has 0 radical (unpaired) electrons. The maximum Gasteiger partial charge on any atom is 0.339 e. The van der Waals surface area contributed by atoms with E-state index in [0.717, 1.165) is 19.5 Å². The third kappa shape index (κ3) is 2.44. The Hall–Kier alpha value is -1.65. The normalized spacial score (nSPS) is 19.6. The Morgan fingerprint density at radius 1 is 1.56 bits per heavy atom. The van der Waals surface area contributed by atoms with E-state index in [-0.39, 0.29) is 5.56 Å². The van der Waals surface area contributed by atoms with E-state index >= 15 is 0 Å². The minimum Gasteiger partial charge on any atom is -0.478 e. The van der Waals surface area contributed by atoms with Gasteiger partial charge in [0.15, 0.2) is 0 Å². The predicted molar refractivity (Wildman–Crippen MR) is 68.9 cm³/mol. The van der Waals surface area contributed by atoms with Crippen molar-refractivity contribution in [3.8, 4) is 0 Å². The fourth-order valence-electron chi connectivity index (χ4n) is 2.33. The Labute approximate surface area is 107 Å². The van der Waals surface area contributed by atoms with Crippen LogP contribution in [-0.4, -0.2) is 34.1 Å². The highest BCUT2D eigenvalue weighted by molar-refractivity contribution is 5.88. The van der Waals surface area contributed by atoms with E-state index in [9.17, 15) is 4.79 Å². The first kappa shape index (κ1) is 12.8. The second-order valence-electron chi connectivity index (χ2n) is 5.21. The van der Waals surface area contributed by atoms with Crippen LogP contribution in [0.5, 0.6) is 0 Å². The fourth-order valence-corrected chi connectivity index (χ4v) is 2.33. The number of anilines is 1. The standard InChI is InChI=1S/C13H19N3O2/c1-8(2)10-4-5-16(7-10)13-14-6-11(12(17)18)9(3)15-13/h6,8,10H,4-5,7H2,1-3H3,(H,17,18). The van der Waals surface area contributed by atoms with Gasteiger partial charge in [-0.15, -0.1) is 0 Å². The molecule has 0 spiro atoms. The van der Waals surface area contributed by atoms with Gasteiger partial charge >= 0.3 is 5.97 Å². The van der Waals surface area contributed by atoms with Crippen LogP contribution in [0.4, 0.5) is 5.95 Å². The molecule has 98 valence electrons. The Morgan fingerprint density at radius 2 is 2.28 bits per heavy atom. The summed E-state index contributed by atoms with van der Waals surface area (Å²) in [6.45, 7) is 8.09. The van der Waals surface area contributed by atoms with Crippen molar-refractivity contribution in [2.24, 2.45) is 11.8 Å². The highest BCUT2D eigenvalue weighted by Gasteiger charge is 2.26. The predicted octanol–water partition coefficient (Wildman–Crippen LogP) is 1.97. The van der Waals surface area contributed by atoms with Crippen molar-refractivity contribution in [2.45, 2.75) is 27.2 Å². The Morgan fingerprint density at radius 3 is 2.78 bits per heavy atom. The summed E-state index contributed by atoms with van der Waals surface area (Å²) in [5.74, 6) is 1.02. The number of nitrogens with zero attached hydrogens (tertiary/aromatic N) is 3.